The summed E-state index contributed by atoms with van der Waals surface area (Å²) in [6.45, 7) is 1.91. The molecule has 0 spiro atoms. The predicted molar refractivity (Wildman–Crippen MR) is 79.5 cm³/mol. The van der Waals surface area contributed by atoms with Crippen molar-refractivity contribution < 1.29 is 18.3 Å². The first-order valence-corrected chi connectivity index (χ1v) is 8.07. The van der Waals surface area contributed by atoms with Crippen LogP contribution in [0.5, 0.6) is 0 Å². The highest BCUT2D eigenvalue weighted by atomic mass is 19.1. The Morgan fingerprint density at radius 1 is 1.13 bits per heavy atom. The van der Waals surface area contributed by atoms with E-state index in [9.17, 15) is 4.39 Å². The maximum Gasteiger partial charge on any atom is 0.245 e. The van der Waals surface area contributed by atoms with Crippen molar-refractivity contribution in [3.63, 3.8) is 0 Å². The number of hydrogen-bond donors (Lipinski definition) is 0. The zero-order valence-corrected chi connectivity index (χ0v) is 12.8. The van der Waals surface area contributed by atoms with Crippen LogP contribution in [0.1, 0.15) is 49.1 Å². The van der Waals surface area contributed by atoms with Crippen LogP contribution in [-0.4, -0.2) is 30.0 Å². The number of benzene rings is 1. The third kappa shape index (κ3) is 2.66. The van der Waals surface area contributed by atoms with Gasteiger partial charge in [-0.2, -0.15) is 0 Å². The van der Waals surface area contributed by atoms with Gasteiger partial charge in [0.15, 0.2) is 0 Å². The molecule has 2 aliphatic heterocycles. The SMILES string of the molecule is Fc1cccc(C2(c3nnc(C4CCCO4)o3)CCOCC2)c1. The fourth-order valence-electron chi connectivity index (χ4n) is 3.46. The fourth-order valence-corrected chi connectivity index (χ4v) is 3.46. The summed E-state index contributed by atoms with van der Waals surface area (Å²) in [6, 6.07) is 6.65. The van der Waals surface area contributed by atoms with Crippen molar-refractivity contribution in [2.45, 2.75) is 37.2 Å². The van der Waals surface area contributed by atoms with E-state index >= 15 is 0 Å². The smallest absolute Gasteiger partial charge is 0.245 e. The zero-order valence-electron chi connectivity index (χ0n) is 12.8. The Morgan fingerprint density at radius 3 is 2.74 bits per heavy atom. The van der Waals surface area contributed by atoms with Crippen LogP contribution in [0.25, 0.3) is 0 Å². The molecule has 2 saturated heterocycles. The first-order chi connectivity index (χ1) is 11.3. The Kier molecular flexibility index (Phi) is 3.87. The summed E-state index contributed by atoms with van der Waals surface area (Å²) in [5.41, 5.74) is 0.382. The number of rotatable bonds is 3. The van der Waals surface area contributed by atoms with Crippen molar-refractivity contribution in [3.05, 3.63) is 47.4 Å². The van der Waals surface area contributed by atoms with Crippen LogP contribution in [0.3, 0.4) is 0 Å². The molecule has 0 radical (unpaired) electrons. The van der Waals surface area contributed by atoms with Gasteiger partial charge in [0.2, 0.25) is 11.8 Å². The van der Waals surface area contributed by atoms with Crippen molar-refractivity contribution in [1.29, 1.82) is 0 Å². The van der Waals surface area contributed by atoms with Crippen molar-refractivity contribution in [2.24, 2.45) is 0 Å². The summed E-state index contributed by atoms with van der Waals surface area (Å²) in [5.74, 6) is 0.809. The summed E-state index contributed by atoms with van der Waals surface area (Å²) in [5, 5.41) is 8.48. The highest BCUT2D eigenvalue weighted by Crippen LogP contribution is 2.41. The van der Waals surface area contributed by atoms with E-state index in [1.165, 1.54) is 6.07 Å². The monoisotopic (exact) mass is 318 g/mol. The van der Waals surface area contributed by atoms with E-state index in [4.69, 9.17) is 13.9 Å². The Hall–Kier alpha value is -1.79. The van der Waals surface area contributed by atoms with Gasteiger partial charge in [0, 0.05) is 19.8 Å². The molecule has 23 heavy (non-hydrogen) atoms. The molecule has 122 valence electrons. The van der Waals surface area contributed by atoms with Gasteiger partial charge >= 0.3 is 0 Å². The second-order valence-electron chi connectivity index (χ2n) is 6.15. The van der Waals surface area contributed by atoms with E-state index < -0.39 is 5.41 Å². The third-order valence-electron chi connectivity index (χ3n) is 4.78. The molecule has 2 aliphatic rings. The largest absolute Gasteiger partial charge is 0.421 e. The third-order valence-corrected chi connectivity index (χ3v) is 4.78. The molecule has 0 bridgehead atoms. The maximum atomic E-state index is 13.7. The molecular formula is C17H19FN2O3. The number of hydrogen-bond acceptors (Lipinski definition) is 5. The average molecular weight is 318 g/mol. The van der Waals surface area contributed by atoms with Crippen LogP contribution in [0.4, 0.5) is 4.39 Å². The molecular weight excluding hydrogens is 299 g/mol. The van der Waals surface area contributed by atoms with Crippen LogP contribution in [0, 0.1) is 5.82 Å². The van der Waals surface area contributed by atoms with Gasteiger partial charge in [-0.15, -0.1) is 10.2 Å². The van der Waals surface area contributed by atoms with Crippen molar-refractivity contribution in [3.8, 4) is 0 Å². The minimum absolute atomic E-state index is 0.111. The van der Waals surface area contributed by atoms with E-state index in [1.807, 2.05) is 6.07 Å². The average Bonchev–Trinajstić information content (AvgIpc) is 3.27. The van der Waals surface area contributed by atoms with E-state index in [0.29, 0.717) is 37.8 Å². The summed E-state index contributed by atoms with van der Waals surface area (Å²) >= 11 is 0. The fraction of sp³-hybridized carbons (Fsp3) is 0.529. The molecule has 0 N–H and O–H groups in total. The molecule has 1 aromatic heterocycles. The highest BCUT2D eigenvalue weighted by molar-refractivity contribution is 5.33. The van der Waals surface area contributed by atoms with E-state index in [0.717, 1.165) is 25.0 Å². The van der Waals surface area contributed by atoms with Gasteiger partial charge in [-0.1, -0.05) is 12.1 Å². The lowest BCUT2D eigenvalue weighted by Crippen LogP contribution is -2.35. The summed E-state index contributed by atoms with van der Waals surface area (Å²) in [7, 11) is 0. The second-order valence-corrected chi connectivity index (χ2v) is 6.15. The van der Waals surface area contributed by atoms with Gasteiger partial charge in [0.25, 0.3) is 0 Å². The second kappa shape index (κ2) is 6.02. The lowest BCUT2D eigenvalue weighted by Gasteiger charge is -2.34. The van der Waals surface area contributed by atoms with Crippen molar-refractivity contribution >= 4 is 0 Å². The maximum absolute atomic E-state index is 13.7. The molecule has 1 atom stereocenters. The Labute approximate surface area is 133 Å². The number of halogens is 1. The van der Waals surface area contributed by atoms with Crippen LogP contribution in [0.2, 0.25) is 0 Å². The molecule has 3 heterocycles. The van der Waals surface area contributed by atoms with Crippen LogP contribution in [0.15, 0.2) is 28.7 Å². The lowest BCUT2D eigenvalue weighted by molar-refractivity contribution is 0.0503. The molecule has 5 nitrogen and oxygen atoms in total. The minimum atomic E-state index is -0.482. The van der Waals surface area contributed by atoms with E-state index in [2.05, 4.69) is 10.2 Å². The molecule has 4 rings (SSSR count). The molecule has 1 aromatic carbocycles. The molecule has 6 heteroatoms. The van der Waals surface area contributed by atoms with Gasteiger partial charge in [0.05, 0.1) is 5.41 Å². The Morgan fingerprint density at radius 2 is 2.00 bits per heavy atom. The summed E-state index contributed by atoms with van der Waals surface area (Å²) < 4.78 is 30.8. The number of ether oxygens (including phenoxy) is 2. The summed E-state index contributed by atoms with van der Waals surface area (Å²) in [6.07, 6.45) is 3.19. The predicted octanol–water partition coefficient (Wildman–Crippen LogP) is 3.16. The molecule has 2 fully saturated rings. The van der Waals surface area contributed by atoms with Crippen LogP contribution < -0.4 is 0 Å². The van der Waals surface area contributed by atoms with Gasteiger partial charge in [-0.3, -0.25) is 0 Å². The van der Waals surface area contributed by atoms with E-state index in [-0.39, 0.29) is 11.9 Å². The highest BCUT2D eigenvalue weighted by Gasteiger charge is 2.42. The standard InChI is InChI=1S/C17H19FN2O3/c18-13-4-1-3-12(11-13)17(6-9-21-10-7-17)16-20-19-15(23-16)14-5-2-8-22-14/h1,3-4,11,14H,2,5-10H2. The van der Waals surface area contributed by atoms with E-state index in [1.54, 1.807) is 12.1 Å². The van der Waals surface area contributed by atoms with Crippen LogP contribution >= 0.6 is 0 Å². The zero-order chi connectivity index (χ0) is 15.7. The normalized spacial score (nSPS) is 24.0. The molecule has 1 unspecified atom stereocenters. The van der Waals surface area contributed by atoms with Gasteiger partial charge < -0.3 is 13.9 Å². The molecule has 0 aliphatic carbocycles. The van der Waals surface area contributed by atoms with Crippen molar-refractivity contribution in [1.82, 2.24) is 10.2 Å². The number of nitrogens with zero attached hydrogens (tertiary/aromatic N) is 2. The Bertz CT molecular complexity index is 676. The molecule has 2 aromatic rings. The number of aromatic nitrogens is 2. The molecule has 0 amide bonds. The van der Waals surface area contributed by atoms with Gasteiger partial charge in [0.1, 0.15) is 11.9 Å². The quantitative estimate of drug-likeness (QED) is 0.870. The minimum Gasteiger partial charge on any atom is -0.421 e. The van der Waals surface area contributed by atoms with Gasteiger partial charge in [-0.25, -0.2) is 4.39 Å². The summed E-state index contributed by atoms with van der Waals surface area (Å²) in [4.78, 5) is 0. The topological polar surface area (TPSA) is 57.4 Å². The lowest BCUT2D eigenvalue weighted by atomic mass is 9.74. The van der Waals surface area contributed by atoms with Crippen LogP contribution in [-0.2, 0) is 14.9 Å². The first-order valence-electron chi connectivity index (χ1n) is 8.07. The molecule has 0 saturated carbocycles. The first kappa shape index (κ1) is 14.8. The Balaban J connectivity index is 1.73. The van der Waals surface area contributed by atoms with Crippen molar-refractivity contribution in [2.75, 3.05) is 19.8 Å². The van der Waals surface area contributed by atoms with Gasteiger partial charge in [-0.05, 0) is 43.4 Å².